The molecule has 5 nitrogen and oxygen atoms in total. The highest BCUT2D eigenvalue weighted by Crippen LogP contribution is 2.22. The molecule has 0 aliphatic carbocycles. The van der Waals surface area contributed by atoms with Crippen molar-refractivity contribution >= 4 is 33.2 Å². The maximum atomic E-state index is 12.9. The van der Waals surface area contributed by atoms with Gasteiger partial charge < -0.3 is 5.32 Å². The second-order valence-electron chi connectivity index (χ2n) is 7.14. The summed E-state index contributed by atoms with van der Waals surface area (Å²) in [5, 5.41) is 3.53. The highest BCUT2D eigenvalue weighted by atomic mass is 35.5. The number of carbonyl (C=O) groups excluding carboxylic acids is 1. The van der Waals surface area contributed by atoms with Crippen molar-refractivity contribution in [2.45, 2.75) is 31.7 Å². The van der Waals surface area contributed by atoms with Crippen LogP contribution in [0.25, 0.3) is 0 Å². The minimum absolute atomic E-state index is 0.0284. The molecule has 3 aromatic rings. The van der Waals surface area contributed by atoms with Crippen LogP contribution in [0.4, 0.5) is 5.69 Å². The third-order valence-corrected chi connectivity index (χ3v) is 6.49. The Morgan fingerprint density at radius 2 is 1.60 bits per heavy atom. The first kappa shape index (κ1) is 21.9. The van der Waals surface area contributed by atoms with Gasteiger partial charge in [-0.1, -0.05) is 48.0 Å². The minimum Gasteiger partial charge on any atom is -0.346 e. The first-order chi connectivity index (χ1) is 14.2. The molecule has 156 valence electrons. The molecular formula is C23H23ClN2O3S. The van der Waals surface area contributed by atoms with Crippen molar-refractivity contribution in [3.63, 3.8) is 0 Å². The van der Waals surface area contributed by atoms with Crippen molar-refractivity contribution in [1.29, 1.82) is 0 Å². The van der Waals surface area contributed by atoms with E-state index in [-0.39, 0.29) is 16.8 Å². The lowest BCUT2D eigenvalue weighted by Gasteiger charge is -2.16. The Morgan fingerprint density at radius 3 is 2.27 bits per heavy atom. The normalized spacial score (nSPS) is 12.3. The molecule has 1 atom stereocenters. The standard InChI is InChI=1S/C23H23ClN2O3S/c1-15-8-13-20(30(28,29)26-22-7-5-4-6-16(22)2)14-21(15)23(27)25-17(3)18-9-11-19(24)12-10-18/h4-14,17,26H,1-3H3,(H,25,27). The summed E-state index contributed by atoms with van der Waals surface area (Å²) in [5.74, 6) is -0.345. The molecule has 3 rings (SSSR count). The number of hydrogen-bond acceptors (Lipinski definition) is 3. The molecule has 2 N–H and O–H groups in total. The number of benzene rings is 3. The lowest BCUT2D eigenvalue weighted by atomic mass is 10.1. The van der Waals surface area contributed by atoms with Gasteiger partial charge in [0.2, 0.25) is 0 Å². The predicted octanol–water partition coefficient (Wildman–Crippen LogP) is 5.25. The molecule has 0 saturated carbocycles. The van der Waals surface area contributed by atoms with Crippen LogP contribution in [0.1, 0.15) is 40.0 Å². The van der Waals surface area contributed by atoms with E-state index in [0.717, 1.165) is 11.1 Å². The molecule has 0 aromatic heterocycles. The zero-order chi connectivity index (χ0) is 21.9. The Kier molecular flexibility index (Phi) is 6.48. The monoisotopic (exact) mass is 442 g/mol. The molecule has 0 fully saturated rings. The Hall–Kier alpha value is -2.83. The van der Waals surface area contributed by atoms with Crippen LogP contribution in [0.15, 0.2) is 71.6 Å². The predicted molar refractivity (Wildman–Crippen MR) is 120 cm³/mol. The van der Waals surface area contributed by atoms with Gasteiger partial charge in [0.1, 0.15) is 0 Å². The zero-order valence-corrected chi connectivity index (χ0v) is 18.5. The van der Waals surface area contributed by atoms with Crippen molar-refractivity contribution in [3.8, 4) is 0 Å². The molecule has 0 radical (unpaired) electrons. The molecule has 1 unspecified atom stereocenters. The van der Waals surface area contributed by atoms with Crippen LogP contribution in [-0.4, -0.2) is 14.3 Å². The number of para-hydroxylation sites is 1. The van der Waals surface area contributed by atoms with Crippen LogP contribution in [-0.2, 0) is 10.0 Å². The van der Waals surface area contributed by atoms with Crippen LogP contribution in [0.2, 0.25) is 5.02 Å². The van der Waals surface area contributed by atoms with E-state index in [2.05, 4.69) is 10.0 Å². The van der Waals surface area contributed by atoms with Crippen LogP contribution >= 0.6 is 11.6 Å². The van der Waals surface area contributed by atoms with Crippen LogP contribution in [0, 0.1) is 13.8 Å². The number of halogens is 1. The topological polar surface area (TPSA) is 75.3 Å². The van der Waals surface area contributed by atoms with E-state index >= 15 is 0 Å². The van der Waals surface area contributed by atoms with E-state index in [9.17, 15) is 13.2 Å². The van der Waals surface area contributed by atoms with Crippen molar-refractivity contribution in [2.24, 2.45) is 0 Å². The molecule has 0 spiro atoms. The number of rotatable bonds is 6. The largest absolute Gasteiger partial charge is 0.346 e. The molecular weight excluding hydrogens is 420 g/mol. The van der Waals surface area contributed by atoms with Crippen molar-refractivity contribution < 1.29 is 13.2 Å². The molecule has 0 heterocycles. The molecule has 3 aromatic carbocycles. The van der Waals surface area contributed by atoms with E-state index in [1.807, 2.05) is 38.1 Å². The first-order valence-electron chi connectivity index (χ1n) is 9.43. The fourth-order valence-electron chi connectivity index (χ4n) is 3.01. The second kappa shape index (κ2) is 8.90. The average Bonchev–Trinajstić information content (AvgIpc) is 2.70. The molecule has 0 bridgehead atoms. The SMILES string of the molecule is Cc1ccccc1NS(=O)(=O)c1ccc(C)c(C(=O)NC(C)c2ccc(Cl)cc2)c1. The number of carbonyl (C=O) groups is 1. The highest BCUT2D eigenvalue weighted by Gasteiger charge is 2.20. The zero-order valence-electron chi connectivity index (χ0n) is 16.9. The van der Waals surface area contributed by atoms with E-state index in [1.165, 1.54) is 12.1 Å². The lowest BCUT2D eigenvalue weighted by Crippen LogP contribution is -2.27. The van der Waals surface area contributed by atoms with E-state index in [0.29, 0.717) is 21.8 Å². The van der Waals surface area contributed by atoms with Crippen LogP contribution < -0.4 is 10.0 Å². The van der Waals surface area contributed by atoms with E-state index in [1.54, 1.807) is 37.3 Å². The van der Waals surface area contributed by atoms with E-state index in [4.69, 9.17) is 11.6 Å². The molecule has 30 heavy (non-hydrogen) atoms. The highest BCUT2D eigenvalue weighted by molar-refractivity contribution is 7.92. The molecule has 0 aliphatic rings. The smallest absolute Gasteiger partial charge is 0.261 e. The van der Waals surface area contributed by atoms with Gasteiger partial charge in [0.05, 0.1) is 16.6 Å². The number of aryl methyl sites for hydroxylation is 2. The van der Waals surface area contributed by atoms with Crippen molar-refractivity contribution in [2.75, 3.05) is 4.72 Å². The van der Waals surface area contributed by atoms with Crippen LogP contribution in [0.5, 0.6) is 0 Å². The quantitative estimate of drug-likeness (QED) is 0.547. The van der Waals surface area contributed by atoms with Gasteiger partial charge in [0.15, 0.2) is 0 Å². The van der Waals surface area contributed by atoms with Gasteiger partial charge in [-0.2, -0.15) is 0 Å². The Labute approximate surface area is 182 Å². The Morgan fingerprint density at radius 1 is 0.933 bits per heavy atom. The number of sulfonamides is 1. The van der Waals surface area contributed by atoms with E-state index < -0.39 is 10.0 Å². The summed E-state index contributed by atoms with van der Waals surface area (Å²) in [6, 6.07) is 18.6. The van der Waals surface area contributed by atoms with Gasteiger partial charge in [0, 0.05) is 10.6 Å². The molecule has 0 aliphatic heterocycles. The summed E-state index contributed by atoms with van der Waals surface area (Å²) in [5.41, 5.74) is 3.20. The van der Waals surface area contributed by atoms with Gasteiger partial charge in [-0.25, -0.2) is 8.42 Å². The fraction of sp³-hybridized carbons (Fsp3) is 0.174. The Balaban J connectivity index is 1.84. The minimum atomic E-state index is -3.84. The number of amides is 1. The van der Waals surface area contributed by atoms with Gasteiger partial charge in [0.25, 0.3) is 15.9 Å². The third-order valence-electron chi connectivity index (χ3n) is 4.87. The number of hydrogen-bond donors (Lipinski definition) is 2. The van der Waals surface area contributed by atoms with Gasteiger partial charge in [-0.05, 0) is 67.8 Å². The Bertz CT molecular complexity index is 1180. The average molecular weight is 443 g/mol. The lowest BCUT2D eigenvalue weighted by molar-refractivity contribution is 0.0939. The maximum Gasteiger partial charge on any atom is 0.261 e. The van der Waals surface area contributed by atoms with Gasteiger partial charge >= 0.3 is 0 Å². The molecule has 1 amide bonds. The maximum absolute atomic E-state index is 12.9. The summed E-state index contributed by atoms with van der Waals surface area (Å²) >= 11 is 5.92. The van der Waals surface area contributed by atoms with Gasteiger partial charge in [-0.15, -0.1) is 0 Å². The molecule has 0 saturated heterocycles. The summed E-state index contributed by atoms with van der Waals surface area (Å²) < 4.78 is 28.3. The third kappa shape index (κ3) is 5.01. The summed E-state index contributed by atoms with van der Waals surface area (Å²) in [7, 11) is -3.84. The summed E-state index contributed by atoms with van der Waals surface area (Å²) in [4.78, 5) is 12.9. The molecule has 7 heteroatoms. The number of nitrogens with one attached hydrogen (secondary N) is 2. The summed E-state index contributed by atoms with van der Waals surface area (Å²) in [6.45, 7) is 5.45. The fourth-order valence-corrected chi connectivity index (χ4v) is 4.30. The van der Waals surface area contributed by atoms with Crippen molar-refractivity contribution in [3.05, 3.63) is 94.0 Å². The summed E-state index contributed by atoms with van der Waals surface area (Å²) in [6.07, 6.45) is 0. The van der Waals surface area contributed by atoms with Crippen LogP contribution in [0.3, 0.4) is 0 Å². The van der Waals surface area contributed by atoms with Crippen molar-refractivity contribution in [1.82, 2.24) is 5.32 Å². The second-order valence-corrected chi connectivity index (χ2v) is 9.26. The van der Waals surface area contributed by atoms with Gasteiger partial charge in [-0.3, -0.25) is 9.52 Å². The first-order valence-corrected chi connectivity index (χ1v) is 11.3. The number of anilines is 1.